The molecule has 0 fully saturated rings. The maximum absolute atomic E-state index is 11.8. The summed E-state index contributed by atoms with van der Waals surface area (Å²) in [6, 6.07) is 1.25. The fourth-order valence-electron chi connectivity index (χ4n) is 2.20. The molecule has 0 saturated carbocycles. The first-order chi connectivity index (χ1) is 8.88. The van der Waals surface area contributed by atoms with Crippen LogP contribution in [-0.4, -0.2) is 10.0 Å². The van der Waals surface area contributed by atoms with Crippen LogP contribution in [0.1, 0.15) is 23.6 Å². The molecular weight excluding hydrogens is 250 g/mol. The average Bonchev–Trinajstić information content (AvgIpc) is 2.34. The van der Waals surface area contributed by atoms with Gasteiger partial charge in [-0.05, 0) is 25.8 Å². The van der Waals surface area contributed by atoms with Gasteiger partial charge >= 0.3 is 11.3 Å². The van der Waals surface area contributed by atoms with Gasteiger partial charge in [-0.15, -0.1) is 0 Å². The van der Waals surface area contributed by atoms with Crippen LogP contribution in [0.5, 0.6) is 5.75 Å². The second-order valence-electron chi connectivity index (χ2n) is 4.35. The minimum absolute atomic E-state index is 0.197. The Bertz CT molecular complexity index is 745. The lowest BCUT2D eigenvalue weighted by Crippen LogP contribution is -2.09. The number of aryl methyl sites for hydroxylation is 2. The van der Waals surface area contributed by atoms with E-state index in [1.807, 2.05) is 6.92 Å². The smallest absolute Gasteiger partial charge is 0.339 e. The van der Waals surface area contributed by atoms with Crippen molar-refractivity contribution in [3.63, 3.8) is 0 Å². The zero-order valence-corrected chi connectivity index (χ0v) is 10.8. The molecule has 0 atom stereocenters. The van der Waals surface area contributed by atoms with Crippen molar-refractivity contribution in [2.24, 2.45) is 0 Å². The highest BCUT2D eigenvalue weighted by Gasteiger charge is 2.22. The molecular formula is C13H13NO5. The highest BCUT2D eigenvalue weighted by atomic mass is 16.6. The lowest BCUT2D eigenvalue weighted by Gasteiger charge is -2.09. The van der Waals surface area contributed by atoms with Crippen LogP contribution in [0.2, 0.25) is 0 Å². The van der Waals surface area contributed by atoms with Crippen molar-refractivity contribution in [2.45, 2.75) is 27.2 Å². The molecule has 0 aliphatic carbocycles. The Morgan fingerprint density at radius 1 is 1.37 bits per heavy atom. The van der Waals surface area contributed by atoms with Gasteiger partial charge in [0.2, 0.25) is 5.75 Å². The third kappa shape index (κ3) is 1.85. The molecule has 0 bridgehead atoms. The first-order valence-electron chi connectivity index (χ1n) is 5.81. The highest BCUT2D eigenvalue weighted by Crippen LogP contribution is 2.36. The van der Waals surface area contributed by atoms with E-state index in [4.69, 9.17) is 4.42 Å². The minimum Gasteiger partial charge on any atom is -0.502 e. The molecule has 1 aromatic heterocycles. The summed E-state index contributed by atoms with van der Waals surface area (Å²) in [4.78, 5) is 22.0. The van der Waals surface area contributed by atoms with Gasteiger partial charge in [-0.3, -0.25) is 10.1 Å². The summed E-state index contributed by atoms with van der Waals surface area (Å²) < 4.78 is 5.17. The number of nitrogens with zero attached hydrogens (tertiary/aromatic N) is 1. The molecule has 0 radical (unpaired) electrons. The Hall–Kier alpha value is -2.37. The van der Waals surface area contributed by atoms with Crippen molar-refractivity contribution in [2.75, 3.05) is 0 Å². The summed E-state index contributed by atoms with van der Waals surface area (Å²) in [7, 11) is 0. The van der Waals surface area contributed by atoms with E-state index in [9.17, 15) is 20.0 Å². The van der Waals surface area contributed by atoms with Crippen LogP contribution >= 0.6 is 0 Å². The van der Waals surface area contributed by atoms with E-state index in [1.54, 1.807) is 6.92 Å². The summed E-state index contributed by atoms with van der Waals surface area (Å²) in [6.45, 7) is 5.02. The van der Waals surface area contributed by atoms with Gasteiger partial charge in [0.05, 0.1) is 4.92 Å². The maximum atomic E-state index is 11.8. The molecule has 2 rings (SSSR count). The van der Waals surface area contributed by atoms with Crippen LogP contribution in [0.15, 0.2) is 15.3 Å². The van der Waals surface area contributed by atoms with Crippen molar-refractivity contribution in [1.29, 1.82) is 0 Å². The Kier molecular flexibility index (Phi) is 3.01. The van der Waals surface area contributed by atoms with E-state index < -0.39 is 16.3 Å². The molecule has 100 valence electrons. The molecule has 1 heterocycles. The van der Waals surface area contributed by atoms with Crippen LogP contribution in [0.4, 0.5) is 5.69 Å². The van der Waals surface area contributed by atoms with Gasteiger partial charge < -0.3 is 9.52 Å². The molecule has 0 spiro atoms. The fraction of sp³-hybridized carbons (Fsp3) is 0.308. The molecule has 2 aromatic rings. The van der Waals surface area contributed by atoms with Crippen LogP contribution in [0.25, 0.3) is 11.0 Å². The first kappa shape index (κ1) is 13.1. The molecule has 0 amide bonds. The van der Waals surface area contributed by atoms with Gasteiger partial charge in [-0.25, -0.2) is 4.79 Å². The molecule has 1 N–H and O–H groups in total. The second-order valence-corrected chi connectivity index (χ2v) is 4.35. The van der Waals surface area contributed by atoms with E-state index in [0.717, 1.165) is 0 Å². The zero-order valence-electron chi connectivity index (χ0n) is 10.8. The molecule has 0 aliphatic rings. The summed E-state index contributed by atoms with van der Waals surface area (Å²) in [5.74, 6) is -0.468. The fourth-order valence-corrected chi connectivity index (χ4v) is 2.20. The molecule has 0 unspecified atom stereocenters. The molecule has 0 saturated heterocycles. The predicted octanol–water partition coefficient (Wildman–Crippen LogP) is 2.59. The van der Waals surface area contributed by atoms with Gasteiger partial charge in [-0.1, -0.05) is 6.92 Å². The Morgan fingerprint density at radius 3 is 2.53 bits per heavy atom. The second kappa shape index (κ2) is 4.38. The van der Waals surface area contributed by atoms with Crippen LogP contribution in [0.3, 0.4) is 0 Å². The topological polar surface area (TPSA) is 93.6 Å². The van der Waals surface area contributed by atoms with Gasteiger partial charge in [-0.2, -0.15) is 0 Å². The van der Waals surface area contributed by atoms with E-state index in [-0.39, 0.29) is 16.8 Å². The van der Waals surface area contributed by atoms with Crippen LogP contribution in [0, 0.1) is 24.0 Å². The number of hydrogen-bond donors (Lipinski definition) is 1. The van der Waals surface area contributed by atoms with Gasteiger partial charge in [0.25, 0.3) is 0 Å². The van der Waals surface area contributed by atoms with Crippen molar-refractivity contribution in [1.82, 2.24) is 0 Å². The standard InChI is InChI=1S/C13H13NO5/c1-4-8-6(2)9-5-10(14(17)18)11(15)7(3)12(9)19-13(8)16/h5,15H,4H2,1-3H3. The summed E-state index contributed by atoms with van der Waals surface area (Å²) in [6.07, 6.45) is 0.484. The molecule has 6 nitrogen and oxygen atoms in total. The molecule has 1 aromatic carbocycles. The van der Waals surface area contributed by atoms with Crippen molar-refractivity contribution >= 4 is 16.7 Å². The van der Waals surface area contributed by atoms with Crippen molar-refractivity contribution in [3.8, 4) is 5.75 Å². The number of aromatic hydroxyl groups is 1. The Morgan fingerprint density at radius 2 is 2.00 bits per heavy atom. The van der Waals surface area contributed by atoms with Crippen LogP contribution < -0.4 is 5.63 Å². The zero-order chi connectivity index (χ0) is 14.3. The quantitative estimate of drug-likeness (QED) is 0.510. The number of fused-ring (bicyclic) bond motifs is 1. The number of rotatable bonds is 2. The lowest BCUT2D eigenvalue weighted by atomic mass is 10.0. The third-order valence-corrected chi connectivity index (χ3v) is 3.31. The number of nitro benzene ring substituents is 1. The number of phenols is 1. The van der Waals surface area contributed by atoms with E-state index in [2.05, 4.69) is 0 Å². The number of nitro groups is 1. The highest BCUT2D eigenvalue weighted by molar-refractivity contribution is 5.89. The Balaban J connectivity index is 3.02. The van der Waals surface area contributed by atoms with Crippen LogP contribution in [-0.2, 0) is 6.42 Å². The SMILES string of the molecule is CCc1c(C)c2cc([N+](=O)[O-])c(O)c(C)c2oc1=O. The van der Waals surface area contributed by atoms with E-state index in [1.165, 1.54) is 13.0 Å². The van der Waals surface area contributed by atoms with Gasteiger partial charge in [0.15, 0.2) is 0 Å². The van der Waals surface area contributed by atoms with E-state index >= 15 is 0 Å². The number of benzene rings is 1. The summed E-state index contributed by atoms with van der Waals surface area (Å²) >= 11 is 0. The molecule has 19 heavy (non-hydrogen) atoms. The number of hydrogen-bond acceptors (Lipinski definition) is 5. The maximum Gasteiger partial charge on any atom is 0.339 e. The Labute approximate surface area is 108 Å². The monoisotopic (exact) mass is 263 g/mol. The largest absolute Gasteiger partial charge is 0.502 e. The van der Waals surface area contributed by atoms with Gasteiger partial charge in [0, 0.05) is 22.6 Å². The average molecular weight is 263 g/mol. The number of phenolic OH excluding ortho intramolecular Hbond substituents is 1. The molecule has 0 aliphatic heterocycles. The predicted molar refractivity (Wildman–Crippen MR) is 69.7 cm³/mol. The molecule has 6 heteroatoms. The first-order valence-corrected chi connectivity index (χ1v) is 5.81. The lowest BCUT2D eigenvalue weighted by molar-refractivity contribution is -0.385. The van der Waals surface area contributed by atoms with Crippen molar-refractivity contribution < 1.29 is 14.4 Å². The van der Waals surface area contributed by atoms with E-state index in [0.29, 0.717) is 22.9 Å². The normalized spacial score (nSPS) is 10.9. The summed E-state index contributed by atoms with van der Waals surface area (Å²) in [5.41, 5.74) is 0.689. The van der Waals surface area contributed by atoms with Crippen molar-refractivity contribution in [3.05, 3.63) is 43.3 Å². The third-order valence-electron chi connectivity index (χ3n) is 3.31. The minimum atomic E-state index is -0.655. The van der Waals surface area contributed by atoms with Gasteiger partial charge in [0.1, 0.15) is 5.58 Å². The summed E-state index contributed by atoms with van der Waals surface area (Å²) in [5, 5.41) is 21.2.